The van der Waals surface area contributed by atoms with Gasteiger partial charge in [0.2, 0.25) is 0 Å². The van der Waals surface area contributed by atoms with Gasteiger partial charge in [-0.15, -0.1) is 11.3 Å². The monoisotopic (exact) mass is 455 g/mol. The first-order chi connectivity index (χ1) is 10.8. The number of thiophene rings is 1. The number of piperidine rings is 1. The Morgan fingerprint density at radius 1 is 1.39 bits per heavy atom. The fourth-order valence-corrected chi connectivity index (χ4v) is 5.00. The highest BCUT2D eigenvalue weighted by Gasteiger charge is 2.31. The number of alkyl halides is 3. The molecule has 2 aromatic heterocycles. The van der Waals surface area contributed by atoms with Crippen LogP contribution in [0.3, 0.4) is 0 Å². The third-order valence-electron chi connectivity index (χ3n) is 4.10. The van der Waals surface area contributed by atoms with Gasteiger partial charge in [0.15, 0.2) is 0 Å². The fraction of sp³-hybridized carbons (Fsp3) is 0.533. The quantitative estimate of drug-likeness (QED) is 0.691. The first kappa shape index (κ1) is 17.2. The van der Waals surface area contributed by atoms with Gasteiger partial charge in [0, 0.05) is 17.6 Å². The maximum absolute atomic E-state index is 12.8. The number of aromatic nitrogens is 1. The summed E-state index contributed by atoms with van der Waals surface area (Å²) in [5.74, 6) is 0.716. The number of hydrogen-bond acceptors (Lipinski definition) is 4. The lowest BCUT2D eigenvalue weighted by atomic mass is 10.1. The van der Waals surface area contributed by atoms with Crippen molar-refractivity contribution in [3.63, 3.8) is 0 Å². The van der Waals surface area contributed by atoms with Gasteiger partial charge in [-0.25, -0.2) is 4.98 Å². The molecule has 1 saturated heterocycles. The zero-order valence-electron chi connectivity index (χ0n) is 12.6. The lowest BCUT2D eigenvalue weighted by molar-refractivity contribution is -0.127. The molecule has 0 bridgehead atoms. The Morgan fingerprint density at radius 2 is 2.09 bits per heavy atom. The molecule has 1 aliphatic rings. The SMILES string of the molecule is CN1CCC(Nc2nccc3c(CC(F)(F)F)c(I)sc23)CC1. The van der Waals surface area contributed by atoms with Crippen LogP contribution < -0.4 is 5.32 Å². The summed E-state index contributed by atoms with van der Waals surface area (Å²) in [4.78, 5) is 6.65. The summed E-state index contributed by atoms with van der Waals surface area (Å²) < 4.78 is 39.9. The Labute approximate surface area is 150 Å². The number of rotatable bonds is 3. The average Bonchev–Trinajstić information content (AvgIpc) is 2.77. The van der Waals surface area contributed by atoms with Crippen LogP contribution in [0.5, 0.6) is 0 Å². The second kappa shape index (κ2) is 6.72. The average molecular weight is 455 g/mol. The lowest BCUT2D eigenvalue weighted by Gasteiger charge is -2.29. The van der Waals surface area contributed by atoms with E-state index in [0.29, 0.717) is 25.7 Å². The maximum atomic E-state index is 12.8. The van der Waals surface area contributed by atoms with Crippen molar-refractivity contribution in [2.45, 2.75) is 31.5 Å². The smallest absolute Gasteiger partial charge is 0.366 e. The highest BCUT2D eigenvalue weighted by molar-refractivity contribution is 14.1. The van der Waals surface area contributed by atoms with Gasteiger partial charge in [-0.1, -0.05) is 0 Å². The van der Waals surface area contributed by atoms with E-state index in [0.717, 1.165) is 30.6 Å². The van der Waals surface area contributed by atoms with Crippen molar-refractivity contribution in [2.24, 2.45) is 0 Å². The zero-order valence-corrected chi connectivity index (χ0v) is 15.6. The molecule has 3 nitrogen and oxygen atoms in total. The summed E-state index contributed by atoms with van der Waals surface area (Å²) in [7, 11) is 2.10. The predicted octanol–water partition coefficient (Wildman–Crippen LogP) is 4.51. The normalized spacial score (nSPS) is 17.8. The molecular weight excluding hydrogens is 438 g/mol. The van der Waals surface area contributed by atoms with Crippen molar-refractivity contribution in [1.29, 1.82) is 0 Å². The molecule has 1 aliphatic heterocycles. The minimum atomic E-state index is -4.20. The predicted molar refractivity (Wildman–Crippen MR) is 96.2 cm³/mol. The topological polar surface area (TPSA) is 28.2 Å². The Hall–Kier alpha value is -0.610. The molecule has 0 unspecified atom stereocenters. The summed E-state index contributed by atoms with van der Waals surface area (Å²) in [6, 6.07) is 2.02. The van der Waals surface area contributed by atoms with Crippen molar-refractivity contribution in [3.05, 3.63) is 20.7 Å². The number of pyridine rings is 1. The summed E-state index contributed by atoms with van der Waals surface area (Å²) in [5, 5.41) is 4.10. The summed E-state index contributed by atoms with van der Waals surface area (Å²) >= 11 is 3.39. The molecular formula is C15H17F3IN3S. The molecule has 126 valence electrons. The standard InChI is InChI=1S/C15H17F3IN3S/c1-22-6-3-9(4-7-22)21-14-12-10(2-5-20-14)11(13(19)23-12)8-15(16,17)18/h2,5,9H,3-4,6-8H2,1H3,(H,20,21). The minimum absolute atomic E-state index is 0.329. The number of likely N-dealkylation sites (tertiary alicyclic amines) is 1. The van der Waals surface area contributed by atoms with E-state index in [1.54, 1.807) is 12.3 Å². The van der Waals surface area contributed by atoms with Gasteiger partial charge in [-0.3, -0.25) is 0 Å². The van der Waals surface area contributed by atoms with E-state index in [1.807, 2.05) is 22.6 Å². The summed E-state index contributed by atoms with van der Waals surface area (Å²) in [6.45, 7) is 2.05. The summed E-state index contributed by atoms with van der Waals surface area (Å²) in [6.07, 6.45) is -1.44. The lowest BCUT2D eigenvalue weighted by Crippen LogP contribution is -2.36. The van der Waals surface area contributed by atoms with Gasteiger partial charge < -0.3 is 10.2 Å². The first-order valence-corrected chi connectivity index (χ1v) is 9.31. The van der Waals surface area contributed by atoms with Crippen LogP contribution >= 0.6 is 33.9 Å². The number of halogens is 4. The maximum Gasteiger partial charge on any atom is 0.393 e. The van der Waals surface area contributed by atoms with Gasteiger partial charge in [0.05, 0.1) is 14.0 Å². The van der Waals surface area contributed by atoms with Gasteiger partial charge in [0.1, 0.15) is 5.82 Å². The number of nitrogens with one attached hydrogen (secondary N) is 1. The van der Waals surface area contributed by atoms with E-state index in [4.69, 9.17) is 0 Å². The fourth-order valence-electron chi connectivity index (χ4n) is 2.86. The van der Waals surface area contributed by atoms with E-state index in [2.05, 4.69) is 22.2 Å². The Kier molecular flexibility index (Phi) is 5.03. The molecule has 3 rings (SSSR count). The molecule has 0 saturated carbocycles. The molecule has 0 amide bonds. The number of nitrogens with zero attached hydrogens (tertiary/aromatic N) is 2. The van der Waals surface area contributed by atoms with E-state index >= 15 is 0 Å². The molecule has 23 heavy (non-hydrogen) atoms. The second-order valence-corrected chi connectivity index (χ2v) is 8.74. The number of anilines is 1. The van der Waals surface area contributed by atoms with Crippen LogP contribution in [-0.2, 0) is 6.42 Å². The van der Waals surface area contributed by atoms with Crippen molar-refractivity contribution in [1.82, 2.24) is 9.88 Å². The Balaban J connectivity index is 1.89. The van der Waals surface area contributed by atoms with Crippen LogP contribution in [0.25, 0.3) is 10.1 Å². The van der Waals surface area contributed by atoms with Crippen LogP contribution in [-0.4, -0.2) is 42.2 Å². The molecule has 8 heteroatoms. The van der Waals surface area contributed by atoms with Crippen molar-refractivity contribution < 1.29 is 13.2 Å². The Morgan fingerprint density at radius 3 is 2.74 bits per heavy atom. The highest BCUT2D eigenvalue weighted by atomic mass is 127. The van der Waals surface area contributed by atoms with Crippen molar-refractivity contribution in [2.75, 3.05) is 25.5 Å². The van der Waals surface area contributed by atoms with Crippen LogP contribution in [0.15, 0.2) is 12.3 Å². The Bertz CT molecular complexity index is 693. The van der Waals surface area contributed by atoms with Gasteiger partial charge >= 0.3 is 6.18 Å². The molecule has 0 aromatic carbocycles. The third kappa shape index (κ3) is 4.08. The zero-order chi connectivity index (χ0) is 16.6. The van der Waals surface area contributed by atoms with Gasteiger partial charge in [0.25, 0.3) is 0 Å². The molecule has 1 N–H and O–H groups in total. The minimum Gasteiger partial charge on any atom is -0.366 e. The van der Waals surface area contributed by atoms with E-state index < -0.39 is 12.6 Å². The molecule has 0 atom stereocenters. The molecule has 1 fully saturated rings. The van der Waals surface area contributed by atoms with Crippen LogP contribution in [0, 0.1) is 2.88 Å². The van der Waals surface area contributed by atoms with E-state index in [1.165, 1.54) is 11.3 Å². The summed E-state index contributed by atoms with van der Waals surface area (Å²) in [5.41, 5.74) is 0.368. The molecule has 3 heterocycles. The highest BCUT2D eigenvalue weighted by Crippen LogP contribution is 2.39. The van der Waals surface area contributed by atoms with Crippen LogP contribution in [0.1, 0.15) is 18.4 Å². The number of hydrogen-bond donors (Lipinski definition) is 1. The van der Waals surface area contributed by atoms with Crippen molar-refractivity contribution >= 4 is 49.8 Å². The molecule has 0 aliphatic carbocycles. The van der Waals surface area contributed by atoms with Gasteiger partial charge in [-0.05, 0) is 67.2 Å². The molecule has 0 radical (unpaired) electrons. The largest absolute Gasteiger partial charge is 0.393 e. The van der Waals surface area contributed by atoms with Gasteiger partial charge in [-0.2, -0.15) is 13.2 Å². The first-order valence-electron chi connectivity index (χ1n) is 7.41. The third-order valence-corrected chi connectivity index (χ3v) is 6.45. The second-order valence-electron chi connectivity index (χ2n) is 5.90. The number of fused-ring (bicyclic) bond motifs is 1. The van der Waals surface area contributed by atoms with Crippen LogP contribution in [0.2, 0.25) is 0 Å². The van der Waals surface area contributed by atoms with E-state index in [9.17, 15) is 13.2 Å². The van der Waals surface area contributed by atoms with Crippen LogP contribution in [0.4, 0.5) is 19.0 Å². The van der Waals surface area contributed by atoms with E-state index in [-0.39, 0.29) is 0 Å². The van der Waals surface area contributed by atoms with Crippen molar-refractivity contribution in [3.8, 4) is 0 Å². The molecule has 0 spiro atoms. The molecule has 2 aromatic rings.